The summed E-state index contributed by atoms with van der Waals surface area (Å²) in [4.78, 5) is 10.8. The minimum absolute atomic E-state index is 0.0809. The lowest BCUT2D eigenvalue weighted by Gasteiger charge is -2.10. The van der Waals surface area contributed by atoms with Crippen molar-refractivity contribution in [3.8, 4) is 0 Å². The summed E-state index contributed by atoms with van der Waals surface area (Å²) in [5.41, 5.74) is 0.523. The summed E-state index contributed by atoms with van der Waals surface area (Å²) >= 11 is 2.99. The molecule has 0 aromatic heterocycles. The van der Waals surface area contributed by atoms with E-state index in [1.165, 1.54) is 23.5 Å². The van der Waals surface area contributed by atoms with E-state index in [2.05, 4.69) is 0 Å². The molecule has 0 aromatic carbocycles. The standard InChI is InChI=1S/C8H14O2S2/c1-5(2)6(7(9)10)8(11-3)12-4/h5H,1-4H3,(H,9,10). The van der Waals surface area contributed by atoms with Crippen LogP contribution in [0.3, 0.4) is 0 Å². The van der Waals surface area contributed by atoms with E-state index in [1.54, 1.807) is 0 Å². The lowest BCUT2D eigenvalue weighted by molar-refractivity contribution is -0.133. The van der Waals surface area contributed by atoms with Crippen molar-refractivity contribution in [3.63, 3.8) is 0 Å². The highest BCUT2D eigenvalue weighted by molar-refractivity contribution is 8.21. The average molecular weight is 206 g/mol. The lowest BCUT2D eigenvalue weighted by Crippen LogP contribution is -2.08. The van der Waals surface area contributed by atoms with Crippen molar-refractivity contribution < 1.29 is 9.90 Å². The van der Waals surface area contributed by atoms with Gasteiger partial charge in [-0.3, -0.25) is 0 Å². The second-order valence-corrected chi connectivity index (χ2v) is 4.46. The molecular weight excluding hydrogens is 192 g/mol. The monoisotopic (exact) mass is 206 g/mol. The third kappa shape index (κ3) is 3.11. The number of carbonyl (C=O) groups is 1. The molecule has 0 heterocycles. The van der Waals surface area contributed by atoms with Gasteiger partial charge in [-0.15, -0.1) is 23.5 Å². The fourth-order valence-corrected chi connectivity index (χ4v) is 2.63. The van der Waals surface area contributed by atoms with Gasteiger partial charge in [0, 0.05) is 0 Å². The second kappa shape index (κ2) is 5.54. The van der Waals surface area contributed by atoms with Gasteiger partial charge in [-0.1, -0.05) is 13.8 Å². The van der Waals surface area contributed by atoms with Crippen LogP contribution in [0.1, 0.15) is 13.8 Å². The molecule has 2 nitrogen and oxygen atoms in total. The number of aliphatic carboxylic acids is 1. The Morgan fingerprint density at radius 2 is 1.67 bits per heavy atom. The van der Waals surface area contributed by atoms with E-state index in [-0.39, 0.29) is 5.92 Å². The molecule has 0 bridgehead atoms. The van der Waals surface area contributed by atoms with Gasteiger partial charge in [0.2, 0.25) is 0 Å². The molecule has 0 aromatic rings. The van der Waals surface area contributed by atoms with Gasteiger partial charge in [-0.25, -0.2) is 4.79 Å². The Hall–Kier alpha value is -0.0900. The Balaban J connectivity index is 4.89. The van der Waals surface area contributed by atoms with Crippen LogP contribution in [-0.4, -0.2) is 23.6 Å². The summed E-state index contributed by atoms with van der Waals surface area (Å²) in [6.07, 6.45) is 3.80. The minimum atomic E-state index is -0.802. The van der Waals surface area contributed by atoms with E-state index >= 15 is 0 Å². The number of thioether (sulfide) groups is 2. The van der Waals surface area contributed by atoms with Crippen LogP contribution in [-0.2, 0) is 4.79 Å². The van der Waals surface area contributed by atoms with E-state index < -0.39 is 5.97 Å². The molecule has 0 aliphatic carbocycles. The predicted octanol–water partition coefficient (Wildman–Crippen LogP) is 2.66. The molecule has 1 N–H and O–H groups in total. The highest BCUT2D eigenvalue weighted by atomic mass is 32.2. The summed E-state index contributed by atoms with van der Waals surface area (Å²) in [7, 11) is 0. The number of hydrogen-bond acceptors (Lipinski definition) is 3. The van der Waals surface area contributed by atoms with Crippen LogP contribution in [0, 0.1) is 5.92 Å². The van der Waals surface area contributed by atoms with Crippen LogP contribution in [0.2, 0.25) is 0 Å². The normalized spacial score (nSPS) is 10.1. The average Bonchev–Trinajstić information content (AvgIpc) is 1.98. The zero-order valence-corrected chi connectivity index (χ0v) is 9.38. The van der Waals surface area contributed by atoms with E-state index in [9.17, 15) is 4.79 Å². The van der Waals surface area contributed by atoms with Crippen molar-refractivity contribution in [2.24, 2.45) is 5.92 Å². The van der Waals surface area contributed by atoms with Gasteiger partial charge >= 0.3 is 5.97 Å². The van der Waals surface area contributed by atoms with E-state index in [0.717, 1.165) is 4.24 Å². The molecule has 0 aliphatic rings. The third-order valence-corrected chi connectivity index (χ3v) is 3.58. The lowest BCUT2D eigenvalue weighted by atomic mass is 10.1. The molecule has 0 spiro atoms. The summed E-state index contributed by atoms with van der Waals surface area (Å²) in [6, 6.07) is 0. The van der Waals surface area contributed by atoms with Crippen LogP contribution < -0.4 is 0 Å². The first-order chi connectivity index (χ1) is 5.54. The zero-order valence-electron chi connectivity index (χ0n) is 7.75. The molecule has 0 rings (SSSR count). The Bertz CT molecular complexity index is 191. The molecular formula is C8H14O2S2. The molecule has 70 valence electrons. The summed E-state index contributed by atoms with van der Waals surface area (Å²) in [5, 5.41) is 8.89. The third-order valence-electron chi connectivity index (χ3n) is 1.40. The Labute approximate surface area is 81.8 Å². The van der Waals surface area contributed by atoms with Crippen molar-refractivity contribution in [1.82, 2.24) is 0 Å². The molecule has 0 atom stereocenters. The van der Waals surface area contributed by atoms with Crippen LogP contribution in [0.25, 0.3) is 0 Å². The SMILES string of the molecule is CSC(SC)=C(C(=O)O)C(C)C. The summed E-state index contributed by atoms with van der Waals surface area (Å²) in [5.74, 6) is -0.721. The van der Waals surface area contributed by atoms with Crippen LogP contribution in [0.4, 0.5) is 0 Å². The molecule has 0 aliphatic heterocycles. The van der Waals surface area contributed by atoms with Gasteiger partial charge in [-0.05, 0) is 18.4 Å². The number of rotatable bonds is 4. The van der Waals surface area contributed by atoms with Crippen molar-refractivity contribution in [3.05, 3.63) is 9.81 Å². The van der Waals surface area contributed by atoms with Crippen molar-refractivity contribution in [2.45, 2.75) is 13.8 Å². The Morgan fingerprint density at radius 3 is 1.75 bits per heavy atom. The largest absolute Gasteiger partial charge is 0.478 e. The molecule has 0 unspecified atom stereocenters. The topological polar surface area (TPSA) is 37.3 Å². The second-order valence-electron chi connectivity index (χ2n) is 2.57. The van der Waals surface area contributed by atoms with E-state index in [0.29, 0.717) is 5.57 Å². The van der Waals surface area contributed by atoms with Gasteiger partial charge in [0.25, 0.3) is 0 Å². The van der Waals surface area contributed by atoms with Gasteiger partial charge in [0.15, 0.2) is 0 Å². The van der Waals surface area contributed by atoms with Gasteiger partial charge in [-0.2, -0.15) is 0 Å². The molecule has 0 amide bonds. The number of carboxylic acids is 1. The molecule has 4 heteroatoms. The van der Waals surface area contributed by atoms with Crippen molar-refractivity contribution in [1.29, 1.82) is 0 Å². The van der Waals surface area contributed by atoms with E-state index in [4.69, 9.17) is 5.11 Å². The van der Waals surface area contributed by atoms with E-state index in [1.807, 2.05) is 26.4 Å². The van der Waals surface area contributed by atoms with Gasteiger partial charge < -0.3 is 5.11 Å². The summed E-state index contributed by atoms with van der Waals surface area (Å²) in [6.45, 7) is 3.80. The maximum atomic E-state index is 10.8. The molecule has 0 fully saturated rings. The number of hydrogen-bond donors (Lipinski definition) is 1. The Morgan fingerprint density at radius 1 is 1.25 bits per heavy atom. The first-order valence-electron chi connectivity index (χ1n) is 3.60. The van der Waals surface area contributed by atoms with Crippen LogP contribution >= 0.6 is 23.5 Å². The number of carboxylic acid groups (broad SMARTS) is 1. The van der Waals surface area contributed by atoms with Gasteiger partial charge in [0.05, 0.1) is 9.81 Å². The van der Waals surface area contributed by atoms with Crippen LogP contribution in [0.5, 0.6) is 0 Å². The molecule has 0 radical (unpaired) electrons. The fourth-order valence-electron chi connectivity index (χ4n) is 0.873. The minimum Gasteiger partial charge on any atom is -0.478 e. The van der Waals surface area contributed by atoms with Crippen LogP contribution in [0.15, 0.2) is 9.81 Å². The maximum absolute atomic E-state index is 10.8. The highest BCUT2D eigenvalue weighted by Gasteiger charge is 2.16. The maximum Gasteiger partial charge on any atom is 0.333 e. The molecule has 0 saturated carbocycles. The fraction of sp³-hybridized carbons (Fsp3) is 0.625. The molecule has 12 heavy (non-hydrogen) atoms. The highest BCUT2D eigenvalue weighted by Crippen LogP contribution is 2.31. The Kier molecular flexibility index (Phi) is 5.50. The first kappa shape index (κ1) is 11.9. The summed E-state index contributed by atoms with van der Waals surface area (Å²) < 4.78 is 0.900. The predicted molar refractivity (Wildman–Crippen MR) is 56.5 cm³/mol. The first-order valence-corrected chi connectivity index (χ1v) is 6.05. The smallest absolute Gasteiger partial charge is 0.333 e. The quantitative estimate of drug-likeness (QED) is 0.718. The van der Waals surface area contributed by atoms with Crippen molar-refractivity contribution >= 4 is 29.5 Å². The van der Waals surface area contributed by atoms with Crippen molar-refractivity contribution in [2.75, 3.05) is 12.5 Å². The van der Waals surface area contributed by atoms with Gasteiger partial charge in [0.1, 0.15) is 0 Å². The zero-order chi connectivity index (χ0) is 9.72. The molecule has 0 saturated heterocycles.